The third-order valence-electron chi connectivity index (χ3n) is 4.82. The van der Waals surface area contributed by atoms with Crippen molar-refractivity contribution in [2.75, 3.05) is 13.1 Å². The molecule has 3 nitrogen and oxygen atoms in total. The maximum absolute atomic E-state index is 5.91. The van der Waals surface area contributed by atoms with Gasteiger partial charge in [-0.3, -0.25) is 16.2 Å². The van der Waals surface area contributed by atoms with Crippen LogP contribution >= 0.6 is 0 Å². The quantitative estimate of drug-likeness (QED) is 0.471. The summed E-state index contributed by atoms with van der Waals surface area (Å²) in [6.07, 6.45) is 8.77. The van der Waals surface area contributed by atoms with E-state index in [1.807, 2.05) is 0 Å². The Hall–Kier alpha value is -0.560. The molecule has 3 heteroatoms. The summed E-state index contributed by atoms with van der Waals surface area (Å²) in [7, 11) is 0. The third-order valence-corrected chi connectivity index (χ3v) is 4.82. The Bertz CT molecular complexity index is 360. The first-order valence-corrected chi connectivity index (χ1v) is 8.19. The molecule has 0 spiro atoms. The fourth-order valence-electron chi connectivity index (χ4n) is 3.86. The first kappa shape index (κ1) is 15.8. The number of hydrogen-bond acceptors (Lipinski definition) is 3. The van der Waals surface area contributed by atoms with Gasteiger partial charge < -0.3 is 0 Å². The predicted octanol–water partition coefficient (Wildman–Crippen LogP) is 2.67. The number of nitrogens with zero attached hydrogens (tertiary/aromatic N) is 1. The van der Waals surface area contributed by atoms with Crippen molar-refractivity contribution in [1.82, 2.24) is 10.3 Å². The summed E-state index contributed by atoms with van der Waals surface area (Å²) < 4.78 is 0. The number of hydrazine groups is 1. The van der Waals surface area contributed by atoms with Crippen LogP contribution in [0.5, 0.6) is 0 Å². The van der Waals surface area contributed by atoms with Crippen LogP contribution in [-0.2, 0) is 0 Å². The molecular weight excluding hydrogens is 246 g/mol. The Kier molecular flexibility index (Phi) is 5.12. The lowest BCUT2D eigenvalue weighted by Crippen LogP contribution is -2.60. The van der Waals surface area contributed by atoms with Crippen LogP contribution in [0.3, 0.4) is 0 Å². The molecule has 0 aromatic carbocycles. The van der Waals surface area contributed by atoms with E-state index in [4.69, 9.17) is 5.84 Å². The van der Waals surface area contributed by atoms with Gasteiger partial charge in [0.2, 0.25) is 0 Å². The van der Waals surface area contributed by atoms with E-state index in [9.17, 15) is 0 Å². The predicted molar refractivity (Wildman–Crippen MR) is 85.0 cm³/mol. The molecule has 2 rings (SSSR count). The normalized spacial score (nSPS) is 24.4. The molecule has 0 radical (unpaired) electrons. The van der Waals surface area contributed by atoms with E-state index in [0.29, 0.717) is 6.04 Å². The van der Waals surface area contributed by atoms with Crippen molar-refractivity contribution in [3.8, 4) is 11.8 Å². The Morgan fingerprint density at radius 1 is 1.15 bits per heavy atom. The van der Waals surface area contributed by atoms with Gasteiger partial charge in [0.1, 0.15) is 0 Å². The Morgan fingerprint density at radius 3 is 2.25 bits per heavy atom. The van der Waals surface area contributed by atoms with Crippen molar-refractivity contribution < 1.29 is 0 Å². The van der Waals surface area contributed by atoms with Gasteiger partial charge in [0, 0.05) is 17.4 Å². The van der Waals surface area contributed by atoms with Crippen LogP contribution in [0.4, 0.5) is 0 Å². The van der Waals surface area contributed by atoms with E-state index >= 15 is 0 Å². The van der Waals surface area contributed by atoms with Crippen LogP contribution < -0.4 is 11.3 Å². The van der Waals surface area contributed by atoms with E-state index in [1.54, 1.807) is 0 Å². The lowest BCUT2D eigenvalue weighted by atomic mass is 9.84. The van der Waals surface area contributed by atoms with Crippen molar-refractivity contribution >= 4 is 0 Å². The smallest absolute Gasteiger partial charge is 0.0503 e. The molecular formula is C17H31N3. The fraction of sp³-hybridized carbons (Fsp3) is 0.882. The Balaban J connectivity index is 2.10. The monoisotopic (exact) mass is 277 g/mol. The highest BCUT2D eigenvalue weighted by Gasteiger charge is 2.45. The highest BCUT2D eigenvalue weighted by atomic mass is 15.3. The first-order valence-electron chi connectivity index (χ1n) is 8.19. The average molecular weight is 277 g/mol. The number of likely N-dealkylation sites (tertiary alicyclic amines) is 1. The summed E-state index contributed by atoms with van der Waals surface area (Å²) in [5.41, 5.74) is 3.44. The second kappa shape index (κ2) is 6.47. The molecule has 3 N–H and O–H groups in total. The molecule has 2 fully saturated rings. The van der Waals surface area contributed by atoms with E-state index < -0.39 is 0 Å². The molecule has 1 saturated heterocycles. The van der Waals surface area contributed by atoms with E-state index in [2.05, 4.69) is 42.9 Å². The fourth-order valence-corrected chi connectivity index (χ4v) is 3.86. The van der Waals surface area contributed by atoms with Crippen molar-refractivity contribution in [3.05, 3.63) is 0 Å². The van der Waals surface area contributed by atoms with Crippen molar-refractivity contribution in [2.24, 2.45) is 11.3 Å². The summed E-state index contributed by atoms with van der Waals surface area (Å²) in [5, 5.41) is 0. The maximum atomic E-state index is 5.91. The summed E-state index contributed by atoms with van der Waals surface area (Å²) in [4.78, 5) is 2.70. The van der Waals surface area contributed by atoms with Crippen LogP contribution in [-0.4, -0.2) is 29.6 Å². The van der Waals surface area contributed by atoms with Gasteiger partial charge in [-0.1, -0.05) is 18.8 Å². The molecule has 0 aromatic heterocycles. The van der Waals surface area contributed by atoms with Gasteiger partial charge in [-0.05, 0) is 59.5 Å². The standard InChI is InChI=1S/C17H31N3/c1-16(2,3)10-8-9-15(19-18)17(11-4-5-12-17)20-13-6-7-14-20/h15,19H,4-7,9,11-14,18H2,1-3H3. The van der Waals surface area contributed by atoms with Crippen LogP contribution in [0.2, 0.25) is 0 Å². The molecule has 20 heavy (non-hydrogen) atoms. The number of rotatable bonds is 4. The molecule has 0 aromatic rings. The average Bonchev–Trinajstić information content (AvgIpc) is 3.03. The minimum Gasteiger partial charge on any atom is -0.296 e. The molecule has 0 bridgehead atoms. The summed E-state index contributed by atoms with van der Waals surface area (Å²) in [5.74, 6) is 12.6. The summed E-state index contributed by atoms with van der Waals surface area (Å²) in [6, 6.07) is 0.304. The lowest BCUT2D eigenvalue weighted by Gasteiger charge is -2.44. The zero-order valence-corrected chi connectivity index (χ0v) is 13.5. The van der Waals surface area contributed by atoms with Gasteiger partial charge in [0.05, 0.1) is 6.04 Å². The third kappa shape index (κ3) is 3.55. The highest BCUT2D eigenvalue weighted by molar-refractivity contribution is 5.13. The Morgan fingerprint density at radius 2 is 1.75 bits per heavy atom. The largest absolute Gasteiger partial charge is 0.296 e. The molecule has 1 atom stereocenters. The number of nitrogens with two attached hydrogens (primary N) is 1. The molecule has 1 heterocycles. The first-order chi connectivity index (χ1) is 9.48. The zero-order valence-electron chi connectivity index (χ0n) is 13.5. The van der Waals surface area contributed by atoms with Gasteiger partial charge in [0.25, 0.3) is 0 Å². The van der Waals surface area contributed by atoms with Crippen LogP contribution in [0.25, 0.3) is 0 Å². The van der Waals surface area contributed by atoms with Gasteiger partial charge in [-0.25, -0.2) is 0 Å². The molecule has 1 saturated carbocycles. The number of nitrogens with one attached hydrogen (secondary N) is 1. The molecule has 0 amide bonds. The maximum Gasteiger partial charge on any atom is 0.0503 e. The van der Waals surface area contributed by atoms with E-state index in [1.165, 1.54) is 51.6 Å². The van der Waals surface area contributed by atoms with Crippen molar-refractivity contribution in [3.63, 3.8) is 0 Å². The minimum absolute atomic E-state index is 0.0790. The van der Waals surface area contributed by atoms with E-state index in [-0.39, 0.29) is 11.0 Å². The van der Waals surface area contributed by atoms with Crippen LogP contribution in [0, 0.1) is 17.3 Å². The second-order valence-electron chi connectivity index (χ2n) is 7.48. The second-order valence-corrected chi connectivity index (χ2v) is 7.48. The minimum atomic E-state index is 0.0790. The van der Waals surface area contributed by atoms with Crippen LogP contribution in [0.1, 0.15) is 65.7 Å². The van der Waals surface area contributed by atoms with Gasteiger partial charge >= 0.3 is 0 Å². The molecule has 114 valence electrons. The summed E-state index contributed by atoms with van der Waals surface area (Å²) >= 11 is 0. The van der Waals surface area contributed by atoms with Gasteiger partial charge in [-0.2, -0.15) is 0 Å². The molecule has 1 unspecified atom stereocenters. The molecule has 1 aliphatic carbocycles. The van der Waals surface area contributed by atoms with Crippen molar-refractivity contribution in [2.45, 2.75) is 77.3 Å². The highest BCUT2D eigenvalue weighted by Crippen LogP contribution is 2.40. The van der Waals surface area contributed by atoms with Gasteiger partial charge in [-0.15, -0.1) is 5.92 Å². The molecule has 1 aliphatic heterocycles. The SMILES string of the molecule is CC(C)(C)C#CCC(NN)C1(N2CCCC2)CCCC1. The molecule has 2 aliphatic rings. The van der Waals surface area contributed by atoms with E-state index in [0.717, 1.165) is 6.42 Å². The number of hydrogen-bond donors (Lipinski definition) is 2. The Labute approximate surface area is 124 Å². The lowest BCUT2D eigenvalue weighted by molar-refractivity contribution is 0.0785. The van der Waals surface area contributed by atoms with Crippen LogP contribution in [0.15, 0.2) is 0 Å². The van der Waals surface area contributed by atoms with Crippen molar-refractivity contribution in [1.29, 1.82) is 0 Å². The van der Waals surface area contributed by atoms with Gasteiger partial charge in [0.15, 0.2) is 0 Å². The summed E-state index contributed by atoms with van der Waals surface area (Å²) in [6.45, 7) is 8.97. The zero-order chi connectivity index (χ0) is 14.6. The topological polar surface area (TPSA) is 41.3 Å².